The molecule has 0 aliphatic carbocycles. The number of halogens is 1. The average Bonchev–Trinajstić information content (AvgIpc) is 2.49. The van der Waals surface area contributed by atoms with Crippen LogP contribution in [0.25, 0.3) is 0 Å². The van der Waals surface area contributed by atoms with Crippen molar-refractivity contribution in [2.24, 2.45) is 0 Å². The van der Waals surface area contributed by atoms with E-state index < -0.39 is 0 Å². The summed E-state index contributed by atoms with van der Waals surface area (Å²) in [6.07, 6.45) is 0. The first-order valence-corrected chi connectivity index (χ1v) is 7.89. The molecular weight excluding hydrogens is 334 g/mol. The molecule has 1 aromatic carbocycles. The van der Waals surface area contributed by atoms with E-state index in [1.165, 1.54) is 0 Å². The van der Waals surface area contributed by atoms with Crippen molar-refractivity contribution in [1.82, 2.24) is 15.5 Å². The summed E-state index contributed by atoms with van der Waals surface area (Å²) in [6.45, 7) is 7.50. The van der Waals surface area contributed by atoms with Gasteiger partial charge in [0, 0.05) is 23.1 Å². The number of rotatable bonds is 8. The van der Waals surface area contributed by atoms with E-state index in [0.29, 0.717) is 12.1 Å². The highest BCUT2D eigenvalue weighted by molar-refractivity contribution is 9.10. The van der Waals surface area contributed by atoms with Crippen molar-refractivity contribution < 1.29 is 9.59 Å². The van der Waals surface area contributed by atoms with Gasteiger partial charge >= 0.3 is 0 Å². The van der Waals surface area contributed by atoms with E-state index in [0.717, 1.165) is 24.1 Å². The van der Waals surface area contributed by atoms with Gasteiger partial charge in [-0.3, -0.25) is 9.59 Å². The molecule has 0 heterocycles. The van der Waals surface area contributed by atoms with Crippen molar-refractivity contribution in [2.45, 2.75) is 13.8 Å². The van der Waals surface area contributed by atoms with Crippen LogP contribution in [0.3, 0.4) is 0 Å². The fourth-order valence-corrected chi connectivity index (χ4v) is 2.25. The first-order chi connectivity index (χ1) is 10.1. The summed E-state index contributed by atoms with van der Waals surface area (Å²) >= 11 is 3.31. The van der Waals surface area contributed by atoms with Gasteiger partial charge < -0.3 is 15.5 Å². The minimum absolute atomic E-state index is 0.0103. The topological polar surface area (TPSA) is 61.4 Å². The van der Waals surface area contributed by atoms with Crippen LogP contribution in [0.5, 0.6) is 0 Å². The molecule has 0 bridgehead atoms. The zero-order valence-corrected chi connectivity index (χ0v) is 14.1. The Morgan fingerprint density at radius 2 is 1.90 bits per heavy atom. The third kappa shape index (κ3) is 6.73. The number of carbonyl (C=O) groups is 2. The summed E-state index contributed by atoms with van der Waals surface area (Å²) < 4.78 is 0.832. The Bertz CT molecular complexity index is 476. The molecule has 0 fully saturated rings. The lowest BCUT2D eigenvalue weighted by atomic mass is 10.2. The molecule has 0 saturated carbocycles. The summed E-state index contributed by atoms with van der Waals surface area (Å²) in [6, 6.07) is 7.05. The van der Waals surface area contributed by atoms with E-state index in [4.69, 9.17) is 0 Å². The van der Waals surface area contributed by atoms with Crippen LogP contribution in [0.2, 0.25) is 0 Å². The highest BCUT2D eigenvalue weighted by Crippen LogP contribution is 2.11. The summed E-state index contributed by atoms with van der Waals surface area (Å²) in [5.41, 5.74) is 0.528. The van der Waals surface area contributed by atoms with Crippen molar-refractivity contribution in [3.8, 4) is 0 Å². The molecular formula is C15H22BrN3O2. The second-order valence-corrected chi connectivity index (χ2v) is 5.49. The van der Waals surface area contributed by atoms with E-state index in [9.17, 15) is 9.59 Å². The van der Waals surface area contributed by atoms with Crippen LogP contribution >= 0.6 is 15.9 Å². The minimum Gasteiger partial charge on any atom is -0.353 e. The molecule has 0 saturated heterocycles. The summed E-state index contributed by atoms with van der Waals surface area (Å²) in [4.78, 5) is 25.7. The van der Waals surface area contributed by atoms with Crippen LogP contribution in [-0.4, -0.2) is 49.4 Å². The first-order valence-electron chi connectivity index (χ1n) is 7.09. The third-order valence-corrected chi connectivity index (χ3v) is 3.63. The van der Waals surface area contributed by atoms with Crippen molar-refractivity contribution >= 4 is 27.7 Å². The highest BCUT2D eigenvalue weighted by Gasteiger charge is 2.08. The minimum atomic E-state index is -0.254. The second kappa shape index (κ2) is 9.52. The van der Waals surface area contributed by atoms with E-state index in [1.807, 2.05) is 6.07 Å². The van der Waals surface area contributed by atoms with Crippen LogP contribution in [0.1, 0.15) is 24.2 Å². The monoisotopic (exact) mass is 355 g/mol. The van der Waals surface area contributed by atoms with Crippen molar-refractivity contribution in [3.63, 3.8) is 0 Å². The number of hydrogen-bond donors (Lipinski definition) is 2. The molecule has 2 N–H and O–H groups in total. The van der Waals surface area contributed by atoms with Crippen LogP contribution in [0.4, 0.5) is 0 Å². The fourth-order valence-electron chi connectivity index (χ4n) is 1.85. The Balaban J connectivity index is 2.28. The largest absolute Gasteiger partial charge is 0.353 e. The number of nitrogens with one attached hydrogen (secondary N) is 2. The molecule has 5 nitrogen and oxygen atoms in total. The van der Waals surface area contributed by atoms with E-state index >= 15 is 0 Å². The van der Waals surface area contributed by atoms with Gasteiger partial charge in [0.2, 0.25) is 5.91 Å². The molecule has 0 unspecified atom stereocenters. The van der Waals surface area contributed by atoms with Gasteiger partial charge in [0.25, 0.3) is 5.91 Å². The van der Waals surface area contributed by atoms with Crippen molar-refractivity contribution in [3.05, 3.63) is 34.3 Å². The van der Waals surface area contributed by atoms with E-state index in [1.54, 1.807) is 18.2 Å². The quantitative estimate of drug-likeness (QED) is 0.745. The lowest BCUT2D eigenvalue weighted by Gasteiger charge is -2.17. The maximum absolute atomic E-state index is 11.9. The van der Waals surface area contributed by atoms with Gasteiger partial charge in [0.05, 0.1) is 6.54 Å². The molecule has 0 spiro atoms. The Morgan fingerprint density at radius 1 is 1.19 bits per heavy atom. The molecule has 0 radical (unpaired) electrons. The number of carbonyl (C=O) groups excluding carboxylic acids is 2. The molecule has 2 amide bonds. The SMILES string of the molecule is CCN(CC)CCNC(=O)CNC(=O)c1cccc(Br)c1. The number of hydrogen-bond acceptors (Lipinski definition) is 3. The highest BCUT2D eigenvalue weighted by atomic mass is 79.9. The third-order valence-electron chi connectivity index (χ3n) is 3.14. The van der Waals surface area contributed by atoms with Gasteiger partial charge in [-0.05, 0) is 31.3 Å². The average molecular weight is 356 g/mol. The normalized spacial score (nSPS) is 10.5. The Morgan fingerprint density at radius 3 is 2.52 bits per heavy atom. The molecule has 116 valence electrons. The summed E-state index contributed by atoms with van der Waals surface area (Å²) in [7, 11) is 0. The molecule has 0 aliphatic heterocycles. The van der Waals surface area contributed by atoms with Crippen LogP contribution < -0.4 is 10.6 Å². The second-order valence-electron chi connectivity index (χ2n) is 4.57. The molecule has 0 aromatic heterocycles. The van der Waals surface area contributed by atoms with Gasteiger partial charge in [0.15, 0.2) is 0 Å². The van der Waals surface area contributed by atoms with Crippen molar-refractivity contribution in [1.29, 1.82) is 0 Å². The van der Waals surface area contributed by atoms with Crippen LogP contribution in [0, 0.1) is 0 Å². The zero-order chi connectivity index (χ0) is 15.7. The Hall–Kier alpha value is -1.40. The zero-order valence-electron chi connectivity index (χ0n) is 12.5. The number of nitrogens with zero attached hydrogens (tertiary/aromatic N) is 1. The van der Waals surface area contributed by atoms with Gasteiger partial charge in [-0.15, -0.1) is 0 Å². The molecule has 0 atom stereocenters. The maximum Gasteiger partial charge on any atom is 0.251 e. The molecule has 1 aromatic rings. The number of benzene rings is 1. The fraction of sp³-hybridized carbons (Fsp3) is 0.467. The van der Waals surface area contributed by atoms with Crippen molar-refractivity contribution in [2.75, 3.05) is 32.7 Å². The van der Waals surface area contributed by atoms with E-state index in [-0.39, 0.29) is 18.4 Å². The summed E-state index contributed by atoms with van der Waals surface area (Å²) in [5.74, 6) is -0.430. The summed E-state index contributed by atoms with van der Waals surface area (Å²) in [5, 5.41) is 5.40. The van der Waals surface area contributed by atoms with Crippen LogP contribution in [-0.2, 0) is 4.79 Å². The number of amides is 2. The Kier molecular flexibility index (Phi) is 8.00. The van der Waals surface area contributed by atoms with Gasteiger partial charge in [-0.1, -0.05) is 35.8 Å². The number of likely N-dealkylation sites (N-methyl/N-ethyl adjacent to an activating group) is 1. The molecule has 21 heavy (non-hydrogen) atoms. The predicted octanol–water partition coefficient (Wildman–Crippen LogP) is 1.64. The Labute approximate surface area is 134 Å². The molecule has 0 aliphatic rings. The maximum atomic E-state index is 11.9. The van der Waals surface area contributed by atoms with Gasteiger partial charge in [-0.25, -0.2) is 0 Å². The molecule has 6 heteroatoms. The lowest BCUT2D eigenvalue weighted by molar-refractivity contribution is -0.120. The van der Waals surface area contributed by atoms with Gasteiger partial charge in [0.1, 0.15) is 0 Å². The lowest BCUT2D eigenvalue weighted by Crippen LogP contribution is -2.40. The smallest absolute Gasteiger partial charge is 0.251 e. The van der Waals surface area contributed by atoms with Gasteiger partial charge in [-0.2, -0.15) is 0 Å². The standard InChI is InChI=1S/C15H22BrN3O2/c1-3-19(4-2)9-8-17-14(20)11-18-15(21)12-6-5-7-13(16)10-12/h5-7,10H,3-4,8-9,11H2,1-2H3,(H,17,20)(H,18,21). The first kappa shape index (κ1) is 17.7. The predicted molar refractivity (Wildman–Crippen MR) is 87.3 cm³/mol. The van der Waals surface area contributed by atoms with E-state index in [2.05, 4.69) is 45.3 Å². The van der Waals surface area contributed by atoms with Crippen LogP contribution in [0.15, 0.2) is 28.7 Å². The molecule has 1 rings (SSSR count).